The average Bonchev–Trinajstić information content (AvgIpc) is 1.41. The van der Waals surface area contributed by atoms with E-state index in [9.17, 15) is 4.79 Å². The zero-order valence-electron chi connectivity index (χ0n) is 3.14. The highest BCUT2D eigenvalue weighted by molar-refractivity contribution is 5.63. The molecule has 0 spiro atoms. The van der Waals surface area contributed by atoms with Crippen LogP contribution < -0.4 is 0 Å². The van der Waals surface area contributed by atoms with Crippen LogP contribution in [0.15, 0.2) is 12.6 Å². The lowest BCUT2D eigenvalue weighted by molar-refractivity contribution is -0.104. The van der Waals surface area contributed by atoms with E-state index in [4.69, 9.17) is 1.37 Å². The third-order valence-electron chi connectivity index (χ3n) is 0.0786. The minimum absolute atomic E-state index is 0.562. The Kier molecular flexibility index (Phi) is 1.03. The van der Waals surface area contributed by atoms with Gasteiger partial charge in [-0.2, -0.15) is 0 Å². The van der Waals surface area contributed by atoms with Crippen LogP contribution in [0.3, 0.4) is 0 Å². The van der Waals surface area contributed by atoms with E-state index in [0.717, 1.165) is 12.6 Å². The molecule has 0 atom stereocenters. The molecule has 4 heavy (non-hydrogen) atoms. The molecule has 0 aliphatic heterocycles. The number of hydrogen-bond acceptors (Lipinski definition) is 1. The summed E-state index contributed by atoms with van der Waals surface area (Å²) in [4.78, 5) is 9.20. The van der Waals surface area contributed by atoms with Gasteiger partial charge in [0.2, 0.25) is 0 Å². The molecular formula is C3H4O. The first-order valence-electron chi connectivity index (χ1n) is 1.48. The highest BCUT2D eigenvalue weighted by Gasteiger charge is 1.38. The van der Waals surface area contributed by atoms with E-state index in [2.05, 4.69) is 0 Å². The first-order valence-corrected chi connectivity index (χ1v) is 0.902. The van der Waals surface area contributed by atoms with Crippen molar-refractivity contribution in [2.24, 2.45) is 0 Å². The summed E-state index contributed by atoms with van der Waals surface area (Å²) in [5.74, 6) is 0. The summed E-state index contributed by atoms with van der Waals surface area (Å²) in [6.07, 6.45) is 1.67. The summed E-state index contributed by atoms with van der Waals surface area (Å²) in [6, 6.07) is 0. The molecule has 0 aliphatic rings. The van der Waals surface area contributed by atoms with Gasteiger partial charge in [0, 0.05) is 0 Å². The Balaban J connectivity index is 2.92. The summed E-state index contributed by atoms with van der Waals surface area (Å²) in [5, 5.41) is 0. The smallest absolute Gasteiger partial charge is 0.142 e. The standard InChI is InChI=1S/C3H4O/c1-2-3-4/h2-3H,1H2/i1D. The Labute approximate surface area is 26.3 Å². The SMILES string of the molecule is [2H]C=CC=O. The molecule has 0 aromatic rings. The van der Waals surface area contributed by atoms with Crippen LogP contribution in [0.25, 0.3) is 0 Å². The van der Waals surface area contributed by atoms with Crippen LogP contribution in [0.1, 0.15) is 1.37 Å². The van der Waals surface area contributed by atoms with Crippen molar-refractivity contribution in [1.82, 2.24) is 0 Å². The molecule has 0 aromatic carbocycles. The molecule has 0 N–H and O–H groups in total. The molecular weight excluding hydrogens is 52.0 g/mol. The minimum atomic E-state index is 0.562. The summed E-state index contributed by atoms with van der Waals surface area (Å²) in [7, 11) is 0. The van der Waals surface area contributed by atoms with Gasteiger partial charge >= 0.3 is 0 Å². The van der Waals surface area contributed by atoms with Gasteiger partial charge in [0.1, 0.15) is 6.29 Å². The number of aldehydes is 1. The summed E-state index contributed by atoms with van der Waals surface area (Å²) in [6.45, 7) is 0.938. The first kappa shape index (κ1) is 1.70. The number of hydrogen-bond donors (Lipinski definition) is 0. The molecule has 0 amide bonds. The molecule has 0 heterocycles. The maximum absolute atomic E-state index is 9.20. The second-order valence-corrected chi connectivity index (χ2v) is 0.329. The maximum atomic E-state index is 9.20. The van der Waals surface area contributed by atoms with Gasteiger partial charge in [-0.3, -0.25) is 4.79 Å². The molecule has 0 saturated heterocycles. The van der Waals surface area contributed by atoms with Gasteiger partial charge < -0.3 is 0 Å². The minimum Gasteiger partial charge on any atom is -0.299 e. The van der Waals surface area contributed by atoms with Gasteiger partial charge in [0.25, 0.3) is 0 Å². The lowest BCUT2D eigenvalue weighted by Crippen LogP contribution is -1.44. The number of carbonyl (C=O) groups excluding carboxylic acids is 1. The molecule has 1 heteroatoms. The molecule has 0 radical (unpaired) electrons. The Morgan fingerprint density at radius 3 is 3.00 bits per heavy atom. The van der Waals surface area contributed by atoms with Crippen molar-refractivity contribution in [2.75, 3.05) is 0 Å². The van der Waals surface area contributed by atoms with Crippen LogP contribution >= 0.6 is 0 Å². The molecule has 0 rings (SSSR count). The fourth-order valence-electron chi connectivity index (χ4n) is 0. The predicted molar refractivity (Wildman–Crippen MR) is 16.3 cm³/mol. The second kappa shape index (κ2) is 2.41. The average molecular weight is 57.1 g/mol. The largest absolute Gasteiger partial charge is 0.299 e. The van der Waals surface area contributed by atoms with Crippen LogP contribution in [-0.4, -0.2) is 6.29 Å². The van der Waals surface area contributed by atoms with E-state index < -0.39 is 0 Å². The fourth-order valence-corrected chi connectivity index (χ4v) is 0. The molecule has 0 fully saturated rings. The monoisotopic (exact) mass is 57.0 g/mol. The maximum Gasteiger partial charge on any atom is 0.142 e. The summed E-state index contributed by atoms with van der Waals surface area (Å²) in [5.41, 5.74) is 0. The Bertz CT molecular complexity index is 48.9. The van der Waals surface area contributed by atoms with Gasteiger partial charge in [0.05, 0.1) is 1.37 Å². The highest BCUT2D eigenvalue weighted by atomic mass is 16.1. The van der Waals surface area contributed by atoms with E-state index in [0.29, 0.717) is 6.29 Å². The van der Waals surface area contributed by atoms with E-state index in [-0.39, 0.29) is 0 Å². The quantitative estimate of drug-likeness (QED) is 0.314. The van der Waals surface area contributed by atoms with Crippen LogP contribution in [0, 0.1) is 0 Å². The van der Waals surface area contributed by atoms with E-state index in [1.54, 1.807) is 0 Å². The van der Waals surface area contributed by atoms with Gasteiger partial charge in [-0.15, -0.1) is 0 Å². The Morgan fingerprint density at radius 1 is 2.25 bits per heavy atom. The third kappa shape index (κ3) is 1.41. The van der Waals surface area contributed by atoms with Crippen molar-refractivity contribution >= 4 is 6.29 Å². The van der Waals surface area contributed by atoms with Crippen LogP contribution in [-0.2, 0) is 4.79 Å². The summed E-state index contributed by atoms with van der Waals surface area (Å²) < 4.78 is 6.19. The zero-order valence-corrected chi connectivity index (χ0v) is 2.14. The predicted octanol–water partition coefficient (Wildman–Crippen LogP) is 0.371. The molecule has 22 valence electrons. The molecule has 0 aliphatic carbocycles. The zero-order chi connectivity index (χ0) is 4.12. The van der Waals surface area contributed by atoms with Gasteiger partial charge in [-0.05, 0) is 6.08 Å². The summed E-state index contributed by atoms with van der Waals surface area (Å²) >= 11 is 0. The number of rotatable bonds is 1. The Hall–Kier alpha value is -0.590. The van der Waals surface area contributed by atoms with Crippen LogP contribution in [0.2, 0.25) is 0 Å². The van der Waals surface area contributed by atoms with Crippen LogP contribution in [0.5, 0.6) is 0 Å². The third-order valence-corrected chi connectivity index (χ3v) is 0.0786. The van der Waals surface area contributed by atoms with Gasteiger partial charge in [-0.1, -0.05) is 6.55 Å². The van der Waals surface area contributed by atoms with Gasteiger partial charge in [0.15, 0.2) is 0 Å². The Morgan fingerprint density at radius 2 is 3.00 bits per heavy atom. The molecule has 0 unspecified atom stereocenters. The molecule has 1 nitrogen and oxygen atoms in total. The lowest BCUT2D eigenvalue weighted by atomic mass is 10.8. The highest BCUT2D eigenvalue weighted by Crippen LogP contribution is 1.35. The van der Waals surface area contributed by atoms with Crippen molar-refractivity contribution in [2.45, 2.75) is 0 Å². The molecule has 0 saturated carbocycles. The lowest BCUT2D eigenvalue weighted by Gasteiger charge is -1.37. The molecule has 0 aromatic heterocycles. The van der Waals surface area contributed by atoms with Crippen molar-refractivity contribution in [3.05, 3.63) is 12.6 Å². The normalized spacial score (nSPS) is 11.5. The topological polar surface area (TPSA) is 17.1 Å². The van der Waals surface area contributed by atoms with Crippen molar-refractivity contribution in [1.29, 1.82) is 0 Å². The fraction of sp³-hybridized carbons (Fsp3) is 0. The van der Waals surface area contributed by atoms with Gasteiger partial charge in [-0.25, -0.2) is 0 Å². The van der Waals surface area contributed by atoms with Crippen molar-refractivity contribution in [3.8, 4) is 0 Å². The van der Waals surface area contributed by atoms with Crippen molar-refractivity contribution in [3.63, 3.8) is 0 Å². The van der Waals surface area contributed by atoms with Crippen LogP contribution in [0.4, 0.5) is 0 Å². The second-order valence-electron chi connectivity index (χ2n) is 0.329. The van der Waals surface area contributed by atoms with E-state index in [1.807, 2.05) is 0 Å². The number of allylic oxidation sites excluding steroid dienone is 1. The number of carbonyl (C=O) groups is 1. The molecule has 0 bridgehead atoms. The first-order chi connectivity index (χ1) is 2.41. The van der Waals surface area contributed by atoms with E-state index >= 15 is 0 Å². The van der Waals surface area contributed by atoms with Crippen molar-refractivity contribution < 1.29 is 6.17 Å². The van der Waals surface area contributed by atoms with E-state index in [1.165, 1.54) is 0 Å².